The van der Waals surface area contributed by atoms with Crippen molar-refractivity contribution < 1.29 is 0 Å². The van der Waals surface area contributed by atoms with Gasteiger partial charge in [-0.1, -0.05) is 44.0 Å². The smallest absolute Gasteiger partial charge is 0.0116 e. The number of piperidine rings is 1. The predicted molar refractivity (Wildman–Crippen MR) is 72.4 cm³/mol. The van der Waals surface area contributed by atoms with Crippen LogP contribution in [0.1, 0.15) is 50.2 Å². The molecule has 1 aliphatic carbocycles. The lowest BCUT2D eigenvalue weighted by Crippen LogP contribution is -2.50. The van der Waals surface area contributed by atoms with Crippen LogP contribution in [0, 0.1) is 0 Å². The van der Waals surface area contributed by atoms with E-state index in [2.05, 4.69) is 36.5 Å². The van der Waals surface area contributed by atoms with Crippen LogP contribution in [0.4, 0.5) is 0 Å². The normalized spacial score (nSPS) is 31.0. The highest BCUT2D eigenvalue weighted by molar-refractivity contribution is 5.39. The number of hydrogen-bond donors (Lipinski definition) is 1. The first-order chi connectivity index (χ1) is 8.34. The summed E-state index contributed by atoms with van der Waals surface area (Å²) < 4.78 is 0. The molecule has 0 radical (unpaired) electrons. The quantitative estimate of drug-likeness (QED) is 0.837. The molecule has 92 valence electrons. The van der Waals surface area contributed by atoms with Gasteiger partial charge in [0, 0.05) is 6.04 Å². The molecule has 1 heteroatoms. The number of unbranched alkanes of at least 4 members (excludes halogenated alkanes) is 1. The van der Waals surface area contributed by atoms with E-state index in [4.69, 9.17) is 0 Å². The fraction of sp³-hybridized carbons (Fsp3) is 0.625. The Morgan fingerprint density at radius 1 is 1.35 bits per heavy atom. The van der Waals surface area contributed by atoms with Gasteiger partial charge in [0.2, 0.25) is 0 Å². The Kier molecular flexibility index (Phi) is 2.96. The van der Waals surface area contributed by atoms with Crippen molar-refractivity contribution in [1.29, 1.82) is 0 Å². The molecule has 1 saturated heterocycles. The first kappa shape index (κ1) is 11.3. The lowest BCUT2D eigenvalue weighted by Gasteiger charge is -2.47. The van der Waals surface area contributed by atoms with E-state index in [1.807, 2.05) is 0 Å². The summed E-state index contributed by atoms with van der Waals surface area (Å²) in [7, 11) is 0. The third kappa shape index (κ3) is 1.91. The number of rotatable bonds is 3. The molecule has 17 heavy (non-hydrogen) atoms. The molecule has 1 nitrogen and oxygen atoms in total. The molecule has 3 rings (SSSR count). The molecule has 1 heterocycles. The van der Waals surface area contributed by atoms with Crippen LogP contribution in [0.2, 0.25) is 0 Å². The van der Waals surface area contributed by atoms with Crippen molar-refractivity contribution >= 4 is 0 Å². The Labute approximate surface area is 105 Å². The van der Waals surface area contributed by atoms with Gasteiger partial charge in [-0.3, -0.25) is 0 Å². The predicted octanol–water partition coefficient (Wildman–Crippen LogP) is 3.42. The fourth-order valence-corrected chi connectivity index (χ4v) is 3.91. The van der Waals surface area contributed by atoms with Gasteiger partial charge in [0.25, 0.3) is 0 Å². The van der Waals surface area contributed by atoms with Crippen molar-refractivity contribution in [2.75, 3.05) is 6.54 Å². The highest BCUT2D eigenvalue weighted by atomic mass is 14.9. The topological polar surface area (TPSA) is 12.0 Å². The molecular formula is C16H23N. The van der Waals surface area contributed by atoms with Crippen LogP contribution in [0.3, 0.4) is 0 Å². The second kappa shape index (κ2) is 4.45. The van der Waals surface area contributed by atoms with Crippen molar-refractivity contribution in [3.8, 4) is 0 Å². The molecule has 1 N–H and O–H groups in total. The van der Waals surface area contributed by atoms with E-state index in [1.165, 1.54) is 45.1 Å². The monoisotopic (exact) mass is 229 g/mol. The molecule has 0 saturated carbocycles. The average Bonchev–Trinajstić information content (AvgIpc) is 2.37. The van der Waals surface area contributed by atoms with E-state index in [0.717, 1.165) is 6.04 Å². The van der Waals surface area contributed by atoms with Gasteiger partial charge in [-0.2, -0.15) is 0 Å². The third-order valence-electron chi connectivity index (χ3n) is 4.74. The van der Waals surface area contributed by atoms with Crippen LogP contribution >= 0.6 is 0 Å². The molecule has 1 aromatic rings. The summed E-state index contributed by atoms with van der Waals surface area (Å²) in [4.78, 5) is 0. The lowest BCUT2D eigenvalue weighted by atomic mass is 9.62. The fourth-order valence-electron chi connectivity index (χ4n) is 3.91. The van der Waals surface area contributed by atoms with Crippen LogP contribution in [-0.2, 0) is 11.8 Å². The van der Waals surface area contributed by atoms with Crippen molar-refractivity contribution in [2.45, 2.75) is 56.9 Å². The zero-order valence-corrected chi connectivity index (χ0v) is 10.8. The summed E-state index contributed by atoms with van der Waals surface area (Å²) in [5.74, 6) is 0. The summed E-state index contributed by atoms with van der Waals surface area (Å²) in [6.07, 6.45) is 8.02. The number of benzene rings is 1. The highest BCUT2D eigenvalue weighted by Gasteiger charge is 2.41. The summed E-state index contributed by atoms with van der Waals surface area (Å²) in [6, 6.07) is 9.90. The van der Waals surface area contributed by atoms with Gasteiger partial charge in [-0.15, -0.1) is 0 Å². The van der Waals surface area contributed by atoms with E-state index in [0.29, 0.717) is 5.41 Å². The number of hydrogen-bond acceptors (Lipinski definition) is 1. The Balaban J connectivity index is 1.99. The van der Waals surface area contributed by atoms with Crippen molar-refractivity contribution in [3.05, 3.63) is 35.4 Å². The number of nitrogens with one attached hydrogen (secondary N) is 1. The highest BCUT2D eigenvalue weighted by Crippen LogP contribution is 2.45. The van der Waals surface area contributed by atoms with Crippen molar-refractivity contribution in [3.63, 3.8) is 0 Å². The standard InChI is InChI=1S/C16H23N/c1-2-3-8-16-9-10-17-14(12-16)11-13-6-4-5-7-15(13)16/h4-7,14,17H,2-3,8-12H2,1H3/t14-,16-/m0/s1. The van der Waals surface area contributed by atoms with E-state index < -0.39 is 0 Å². The molecule has 1 fully saturated rings. The molecule has 2 atom stereocenters. The summed E-state index contributed by atoms with van der Waals surface area (Å²) >= 11 is 0. The van der Waals surface area contributed by atoms with Crippen molar-refractivity contribution in [2.24, 2.45) is 0 Å². The maximum absolute atomic E-state index is 3.69. The van der Waals surface area contributed by atoms with Crippen molar-refractivity contribution in [1.82, 2.24) is 5.32 Å². The van der Waals surface area contributed by atoms with Gasteiger partial charge in [0.15, 0.2) is 0 Å². The van der Waals surface area contributed by atoms with E-state index in [1.54, 1.807) is 11.1 Å². The number of fused-ring (bicyclic) bond motifs is 4. The molecule has 0 spiro atoms. The first-order valence-electron chi connectivity index (χ1n) is 7.16. The van der Waals surface area contributed by atoms with Gasteiger partial charge in [-0.25, -0.2) is 0 Å². The second-order valence-corrected chi connectivity index (χ2v) is 5.85. The zero-order valence-electron chi connectivity index (χ0n) is 10.8. The van der Waals surface area contributed by atoms with Crippen LogP contribution < -0.4 is 5.32 Å². The summed E-state index contributed by atoms with van der Waals surface area (Å²) in [5.41, 5.74) is 3.78. The van der Waals surface area contributed by atoms with Gasteiger partial charge in [0.05, 0.1) is 0 Å². The Hall–Kier alpha value is -0.820. The minimum Gasteiger partial charge on any atom is -0.314 e. The largest absolute Gasteiger partial charge is 0.314 e. The average molecular weight is 229 g/mol. The molecule has 2 bridgehead atoms. The molecular weight excluding hydrogens is 206 g/mol. The lowest BCUT2D eigenvalue weighted by molar-refractivity contribution is 0.212. The summed E-state index contributed by atoms with van der Waals surface area (Å²) in [5, 5.41) is 3.69. The SMILES string of the molecule is CCCC[C@@]12CCN[C@@H](Cc3ccccc31)C2. The van der Waals surface area contributed by atoms with Crippen LogP contribution in [0.15, 0.2) is 24.3 Å². The van der Waals surface area contributed by atoms with E-state index in [-0.39, 0.29) is 0 Å². The van der Waals surface area contributed by atoms with Gasteiger partial charge in [-0.05, 0) is 48.8 Å². The van der Waals surface area contributed by atoms with E-state index >= 15 is 0 Å². The zero-order chi connectivity index (χ0) is 11.7. The van der Waals surface area contributed by atoms with E-state index in [9.17, 15) is 0 Å². The van der Waals surface area contributed by atoms with Crippen LogP contribution in [-0.4, -0.2) is 12.6 Å². The van der Waals surface area contributed by atoms with Gasteiger partial charge >= 0.3 is 0 Å². The molecule has 0 amide bonds. The Bertz CT molecular complexity index is 398. The minimum absolute atomic E-state index is 0.501. The second-order valence-electron chi connectivity index (χ2n) is 5.85. The maximum atomic E-state index is 3.69. The third-order valence-corrected chi connectivity index (χ3v) is 4.74. The first-order valence-corrected chi connectivity index (χ1v) is 7.16. The molecule has 1 aromatic carbocycles. The Morgan fingerprint density at radius 2 is 2.24 bits per heavy atom. The molecule has 2 aliphatic rings. The van der Waals surface area contributed by atoms with Gasteiger partial charge in [0.1, 0.15) is 0 Å². The van der Waals surface area contributed by atoms with Crippen LogP contribution in [0.5, 0.6) is 0 Å². The minimum atomic E-state index is 0.501. The maximum Gasteiger partial charge on any atom is 0.0116 e. The van der Waals surface area contributed by atoms with Crippen LogP contribution in [0.25, 0.3) is 0 Å². The molecule has 0 aromatic heterocycles. The molecule has 1 aliphatic heterocycles. The van der Waals surface area contributed by atoms with Gasteiger partial charge < -0.3 is 5.32 Å². The Morgan fingerprint density at radius 3 is 3.12 bits per heavy atom. The summed E-state index contributed by atoms with van der Waals surface area (Å²) in [6.45, 7) is 3.52. The molecule has 0 unspecified atom stereocenters.